The molecule has 21 heavy (non-hydrogen) atoms. The van der Waals surface area contributed by atoms with Crippen molar-refractivity contribution >= 4 is 40.0 Å². The number of Topliss-reactive ketones (excluding diaryl/α,β-unsaturated/α-hetero) is 1. The highest BCUT2D eigenvalue weighted by atomic mass is 127. The van der Waals surface area contributed by atoms with Crippen molar-refractivity contribution in [2.45, 2.75) is 44.1 Å². The molecule has 1 aromatic carbocycles. The van der Waals surface area contributed by atoms with Crippen molar-refractivity contribution in [1.82, 2.24) is 0 Å². The smallest absolute Gasteiger partial charge is 0.145 e. The molecule has 0 aliphatic carbocycles. The number of nitrogens with zero attached hydrogens (tertiary/aromatic N) is 1. The van der Waals surface area contributed by atoms with E-state index in [-0.39, 0.29) is 16.1 Å². The lowest BCUT2D eigenvalue weighted by atomic mass is 9.78. The van der Waals surface area contributed by atoms with Gasteiger partial charge in [0.15, 0.2) is 0 Å². The van der Waals surface area contributed by atoms with Crippen LogP contribution in [0.5, 0.6) is 0 Å². The van der Waals surface area contributed by atoms with Crippen molar-refractivity contribution < 1.29 is 9.90 Å². The second-order valence-electron chi connectivity index (χ2n) is 5.77. The molecule has 114 valence electrons. The fourth-order valence-electron chi connectivity index (χ4n) is 2.14. The standard InChI is InChI=1S/C16H19ClINO2/c1-9-11(5-6-12(8-19)14(9)17)7-13(20)16(3,4)15(21)10(2)18/h5-6,10,15,21H,7H2,1-4H3/t10-,15-/m1/s1. The molecule has 3 nitrogen and oxygen atoms in total. The summed E-state index contributed by atoms with van der Waals surface area (Å²) in [6.45, 7) is 7.20. The Labute approximate surface area is 144 Å². The van der Waals surface area contributed by atoms with Crippen LogP contribution in [-0.2, 0) is 11.2 Å². The molecule has 0 aliphatic rings. The Kier molecular flexibility index (Phi) is 6.21. The molecule has 0 spiro atoms. The summed E-state index contributed by atoms with van der Waals surface area (Å²) in [4.78, 5) is 12.5. The summed E-state index contributed by atoms with van der Waals surface area (Å²) >= 11 is 8.24. The average molecular weight is 420 g/mol. The van der Waals surface area contributed by atoms with Crippen molar-refractivity contribution in [1.29, 1.82) is 5.26 Å². The highest BCUT2D eigenvalue weighted by Gasteiger charge is 2.37. The van der Waals surface area contributed by atoms with E-state index in [1.807, 2.05) is 13.0 Å². The predicted molar refractivity (Wildman–Crippen MR) is 92.9 cm³/mol. The Morgan fingerprint density at radius 3 is 2.57 bits per heavy atom. The number of alkyl halides is 1. The first-order chi connectivity index (χ1) is 9.62. The number of carbonyl (C=O) groups is 1. The van der Waals surface area contributed by atoms with Gasteiger partial charge in [0.05, 0.1) is 22.1 Å². The quantitative estimate of drug-likeness (QED) is 0.583. The van der Waals surface area contributed by atoms with Crippen LogP contribution in [0.3, 0.4) is 0 Å². The minimum Gasteiger partial charge on any atom is -0.391 e. The van der Waals surface area contributed by atoms with Crippen molar-refractivity contribution in [3.63, 3.8) is 0 Å². The van der Waals surface area contributed by atoms with Crippen LogP contribution in [0, 0.1) is 23.7 Å². The predicted octanol–water partition coefficient (Wildman–Crippen LogP) is 3.84. The van der Waals surface area contributed by atoms with E-state index in [4.69, 9.17) is 16.9 Å². The third kappa shape index (κ3) is 3.97. The first-order valence-corrected chi connectivity index (χ1v) is 8.28. The molecule has 0 aliphatic heterocycles. The van der Waals surface area contributed by atoms with Crippen molar-refractivity contribution in [2.24, 2.45) is 5.41 Å². The lowest BCUT2D eigenvalue weighted by Crippen LogP contribution is -2.42. The summed E-state index contributed by atoms with van der Waals surface area (Å²) in [6.07, 6.45) is -0.509. The Morgan fingerprint density at radius 2 is 2.10 bits per heavy atom. The van der Waals surface area contributed by atoms with Gasteiger partial charge in [0, 0.05) is 10.3 Å². The Balaban J connectivity index is 3.05. The summed E-state index contributed by atoms with van der Waals surface area (Å²) in [7, 11) is 0. The van der Waals surface area contributed by atoms with Crippen molar-refractivity contribution in [3.8, 4) is 6.07 Å². The second-order valence-corrected chi connectivity index (χ2v) is 8.11. The summed E-state index contributed by atoms with van der Waals surface area (Å²) < 4.78 is -0.0211. The van der Waals surface area contributed by atoms with Crippen LogP contribution in [0.25, 0.3) is 0 Å². The third-order valence-electron chi connectivity index (χ3n) is 3.86. The second kappa shape index (κ2) is 7.08. The molecule has 0 fully saturated rings. The van der Waals surface area contributed by atoms with Crippen LogP contribution in [0.4, 0.5) is 0 Å². The van der Waals surface area contributed by atoms with Gasteiger partial charge in [-0.1, -0.05) is 61.0 Å². The van der Waals surface area contributed by atoms with Gasteiger partial charge >= 0.3 is 0 Å². The molecule has 1 N–H and O–H groups in total. The summed E-state index contributed by atoms with van der Waals surface area (Å²) in [5.41, 5.74) is 1.13. The zero-order valence-electron chi connectivity index (χ0n) is 12.6. The Morgan fingerprint density at radius 1 is 1.52 bits per heavy atom. The number of nitriles is 1. The number of carbonyl (C=O) groups excluding carboxylic acids is 1. The van der Waals surface area contributed by atoms with E-state index in [1.54, 1.807) is 32.9 Å². The normalized spacial score (nSPS) is 14.4. The fraction of sp³-hybridized carbons (Fsp3) is 0.500. The summed E-state index contributed by atoms with van der Waals surface area (Å²) in [6, 6.07) is 5.41. The zero-order valence-corrected chi connectivity index (χ0v) is 15.5. The van der Waals surface area contributed by atoms with Crippen LogP contribution in [0.15, 0.2) is 12.1 Å². The number of halogens is 2. The van der Waals surface area contributed by atoms with Gasteiger partial charge in [0.1, 0.15) is 11.9 Å². The number of aliphatic hydroxyl groups is 1. The van der Waals surface area contributed by atoms with Gasteiger partial charge in [0.25, 0.3) is 0 Å². The first kappa shape index (κ1) is 18.4. The maximum Gasteiger partial charge on any atom is 0.145 e. The van der Waals surface area contributed by atoms with Crippen LogP contribution < -0.4 is 0 Å². The first-order valence-electron chi connectivity index (χ1n) is 6.66. The number of benzene rings is 1. The minimum absolute atomic E-state index is 0.0211. The minimum atomic E-state index is -0.826. The number of ketones is 1. The van der Waals surface area contributed by atoms with Crippen molar-refractivity contribution in [3.05, 3.63) is 33.8 Å². The topological polar surface area (TPSA) is 61.1 Å². The van der Waals surface area contributed by atoms with E-state index in [0.717, 1.165) is 11.1 Å². The maximum absolute atomic E-state index is 12.5. The van der Waals surface area contributed by atoms with Gasteiger partial charge in [-0.2, -0.15) is 5.26 Å². The number of aliphatic hydroxyl groups excluding tert-OH is 1. The summed E-state index contributed by atoms with van der Waals surface area (Å²) in [5.74, 6) is -0.0395. The lowest BCUT2D eigenvalue weighted by Gasteiger charge is -2.31. The fourth-order valence-corrected chi connectivity index (χ4v) is 3.27. The molecule has 1 aromatic rings. The zero-order chi connectivity index (χ0) is 16.4. The Bertz CT molecular complexity index is 591. The molecule has 0 heterocycles. The molecule has 0 aromatic heterocycles. The molecule has 0 amide bonds. The number of hydrogen-bond donors (Lipinski definition) is 1. The molecule has 2 atom stereocenters. The van der Waals surface area contributed by atoms with Crippen LogP contribution in [0.1, 0.15) is 37.5 Å². The summed E-state index contributed by atoms with van der Waals surface area (Å²) in [5, 5.41) is 19.5. The Hall–Kier alpha value is -0.640. The largest absolute Gasteiger partial charge is 0.391 e. The van der Waals surface area contributed by atoms with Gasteiger partial charge < -0.3 is 5.11 Å². The third-order valence-corrected chi connectivity index (χ3v) is 5.03. The molecule has 5 heteroatoms. The maximum atomic E-state index is 12.5. The SMILES string of the molecule is Cc1c(CC(=O)C(C)(C)[C@H](O)[C@@H](C)I)ccc(C#N)c1Cl. The van der Waals surface area contributed by atoms with Gasteiger partial charge in [-0.05, 0) is 24.1 Å². The van der Waals surface area contributed by atoms with Gasteiger partial charge in [-0.3, -0.25) is 4.79 Å². The van der Waals surface area contributed by atoms with Crippen molar-refractivity contribution in [2.75, 3.05) is 0 Å². The van der Waals surface area contributed by atoms with Crippen LogP contribution >= 0.6 is 34.2 Å². The van der Waals surface area contributed by atoms with E-state index in [2.05, 4.69) is 22.6 Å². The highest BCUT2D eigenvalue weighted by Crippen LogP contribution is 2.31. The molecule has 0 saturated carbocycles. The lowest BCUT2D eigenvalue weighted by molar-refractivity contribution is -0.132. The number of rotatable bonds is 5. The average Bonchev–Trinajstić information content (AvgIpc) is 2.42. The molecular formula is C16H19ClINO2. The van der Waals surface area contributed by atoms with Gasteiger partial charge in [0.2, 0.25) is 0 Å². The highest BCUT2D eigenvalue weighted by molar-refractivity contribution is 14.1. The van der Waals surface area contributed by atoms with E-state index in [1.165, 1.54) is 0 Å². The van der Waals surface area contributed by atoms with Gasteiger partial charge in [-0.15, -0.1) is 0 Å². The molecule has 0 radical (unpaired) electrons. The molecule has 0 saturated heterocycles. The van der Waals surface area contributed by atoms with Gasteiger partial charge in [-0.25, -0.2) is 0 Å². The molecule has 0 unspecified atom stereocenters. The molecule has 1 rings (SSSR count). The van der Waals surface area contributed by atoms with E-state index < -0.39 is 11.5 Å². The monoisotopic (exact) mass is 419 g/mol. The molecule has 0 bridgehead atoms. The molecular weight excluding hydrogens is 401 g/mol. The van der Waals surface area contributed by atoms with Crippen LogP contribution in [0.2, 0.25) is 5.02 Å². The van der Waals surface area contributed by atoms with E-state index >= 15 is 0 Å². The van der Waals surface area contributed by atoms with Crippen LogP contribution in [-0.4, -0.2) is 20.9 Å². The van der Waals surface area contributed by atoms with E-state index in [0.29, 0.717) is 10.6 Å². The van der Waals surface area contributed by atoms with E-state index in [9.17, 15) is 9.90 Å². The number of hydrogen-bond acceptors (Lipinski definition) is 3.